The van der Waals surface area contributed by atoms with Crippen LogP contribution in [0.4, 0.5) is 5.82 Å². The molecule has 2 N–H and O–H groups in total. The maximum Gasteiger partial charge on any atom is 0.273 e. The van der Waals surface area contributed by atoms with Crippen LogP contribution < -0.4 is 20.8 Å². The van der Waals surface area contributed by atoms with Gasteiger partial charge in [0, 0.05) is 6.07 Å². The summed E-state index contributed by atoms with van der Waals surface area (Å²) in [6.45, 7) is 9.05. The predicted molar refractivity (Wildman–Crippen MR) is 101 cm³/mol. The first-order valence-corrected chi connectivity index (χ1v) is 8.34. The van der Waals surface area contributed by atoms with Crippen LogP contribution in [0.3, 0.4) is 0 Å². The minimum absolute atomic E-state index is 0.268. The molecule has 2 rings (SSSR count). The number of rotatable bonds is 7. The third kappa shape index (κ3) is 5.11. The lowest BCUT2D eigenvalue weighted by atomic mass is 10.2. The number of benzene rings is 1. The summed E-state index contributed by atoms with van der Waals surface area (Å²) in [6, 6.07) is 8.72. The number of hydrogen-bond donors (Lipinski definition) is 1. The van der Waals surface area contributed by atoms with E-state index in [1.807, 2.05) is 32.0 Å². The number of nitrogens with two attached hydrogens (primary N) is 1. The summed E-state index contributed by atoms with van der Waals surface area (Å²) in [5.74, 6) is 2.06. The van der Waals surface area contributed by atoms with E-state index in [-0.39, 0.29) is 5.56 Å². The van der Waals surface area contributed by atoms with E-state index in [9.17, 15) is 4.79 Å². The molecule has 0 amide bonds. The lowest BCUT2D eigenvalue weighted by molar-refractivity contribution is 0.248. The number of aromatic nitrogens is 1. The molecule has 0 aliphatic heterocycles. The maximum absolute atomic E-state index is 12.0. The van der Waals surface area contributed by atoms with Gasteiger partial charge in [0.2, 0.25) is 0 Å². The Hall–Kier alpha value is -2.76. The average molecular weight is 343 g/mol. The predicted octanol–water partition coefficient (Wildman–Crippen LogP) is 3.05. The number of nitrogens with zero attached hydrogens (tertiary/aromatic N) is 2. The molecule has 2 aromatic rings. The van der Waals surface area contributed by atoms with Crippen molar-refractivity contribution in [1.82, 2.24) is 4.68 Å². The molecule has 25 heavy (non-hydrogen) atoms. The highest BCUT2D eigenvalue weighted by Crippen LogP contribution is 2.28. The summed E-state index contributed by atoms with van der Waals surface area (Å²) in [4.78, 5) is 12.0. The van der Waals surface area contributed by atoms with E-state index in [0.717, 1.165) is 15.8 Å². The van der Waals surface area contributed by atoms with Gasteiger partial charge in [0.05, 0.1) is 19.4 Å². The molecule has 0 unspecified atom stereocenters. The SMILES string of the molecule is CCOc1cc(/C=N\n2c(N)cc(C)cc2=O)ccc1OCC(C)C. The molecule has 1 aromatic carbocycles. The van der Waals surface area contributed by atoms with E-state index in [2.05, 4.69) is 18.9 Å². The third-order valence-electron chi connectivity index (χ3n) is 3.34. The summed E-state index contributed by atoms with van der Waals surface area (Å²) in [7, 11) is 0. The van der Waals surface area contributed by atoms with Crippen molar-refractivity contribution in [2.45, 2.75) is 27.7 Å². The highest BCUT2D eigenvalue weighted by Gasteiger charge is 2.07. The first-order chi connectivity index (χ1) is 11.9. The van der Waals surface area contributed by atoms with Gasteiger partial charge in [0.1, 0.15) is 5.82 Å². The molecule has 0 radical (unpaired) electrons. The van der Waals surface area contributed by atoms with Crippen molar-refractivity contribution in [3.8, 4) is 11.5 Å². The van der Waals surface area contributed by atoms with Gasteiger partial charge in [-0.2, -0.15) is 9.78 Å². The normalized spacial score (nSPS) is 11.2. The summed E-state index contributed by atoms with van der Waals surface area (Å²) >= 11 is 0. The van der Waals surface area contributed by atoms with Crippen LogP contribution in [0, 0.1) is 12.8 Å². The fourth-order valence-corrected chi connectivity index (χ4v) is 2.22. The number of aryl methyl sites for hydroxylation is 1. The number of anilines is 1. The maximum atomic E-state index is 12.0. The second-order valence-electron chi connectivity index (χ2n) is 6.20. The largest absolute Gasteiger partial charge is 0.490 e. The molecule has 0 aliphatic carbocycles. The van der Waals surface area contributed by atoms with Crippen LogP contribution in [-0.2, 0) is 0 Å². The van der Waals surface area contributed by atoms with E-state index in [0.29, 0.717) is 36.4 Å². The van der Waals surface area contributed by atoms with Crippen LogP contribution >= 0.6 is 0 Å². The number of hydrogen-bond acceptors (Lipinski definition) is 5. The highest BCUT2D eigenvalue weighted by atomic mass is 16.5. The van der Waals surface area contributed by atoms with Crippen LogP contribution in [0.1, 0.15) is 31.9 Å². The van der Waals surface area contributed by atoms with E-state index >= 15 is 0 Å². The van der Waals surface area contributed by atoms with E-state index in [4.69, 9.17) is 15.2 Å². The fraction of sp³-hybridized carbons (Fsp3) is 0.368. The van der Waals surface area contributed by atoms with Crippen molar-refractivity contribution in [3.05, 3.63) is 51.8 Å². The lowest BCUT2D eigenvalue weighted by Crippen LogP contribution is -2.19. The molecule has 6 heteroatoms. The van der Waals surface area contributed by atoms with Gasteiger partial charge >= 0.3 is 0 Å². The molecule has 6 nitrogen and oxygen atoms in total. The van der Waals surface area contributed by atoms with Crippen molar-refractivity contribution in [2.24, 2.45) is 11.0 Å². The van der Waals surface area contributed by atoms with Crippen molar-refractivity contribution in [2.75, 3.05) is 18.9 Å². The molecular formula is C19H25N3O3. The highest BCUT2D eigenvalue weighted by molar-refractivity contribution is 5.81. The molecule has 134 valence electrons. The Labute approximate surface area is 147 Å². The molecule has 1 heterocycles. The minimum atomic E-state index is -0.268. The summed E-state index contributed by atoms with van der Waals surface area (Å²) in [6.07, 6.45) is 1.57. The van der Waals surface area contributed by atoms with Crippen molar-refractivity contribution >= 4 is 12.0 Å². The van der Waals surface area contributed by atoms with Gasteiger partial charge < -0.3 is 15.2 Å². The van der Waals surface area contributed by atoms with Crippen molar-refractivity contribution in [3.63, 3.8) is 0 Å². The van der Waals surface area contributed by atoms with E-state index in [1.54, 1.807) is 12.3 Å². The Morgan fingerprint density at radius 1 is 1.20 bits per heavy atom. The molecule has 0 saturated carbocycles. The van der Waals surface area contributed by atoms with Crippen molar-refractivity contribution < 1.29 is 9.47 Å². The van der Waals surface area contributed by atoms with Gasteiger partial charge in [-0.1, -0.05) is 13.8 Å². The van der Waals surface area contributed by atoms with Crippen LogP contribution in [0.25, 0.3) is 0 Å². The van der Waals surface area contributed by atoms with E-state index in [1.165, 1.54) is 6.07 Å². The molecule has 0 spiro atoms. The van der Waals surface area contributed by atoms with Gasteiger partial charge in [0.25, 0.3) is 5.56 Å². The fourth-order valence-electron chi connectivity index (χ4n) is 2.22. The summed E-state index contributed by atoms with van der Waals surface area (Å²) < 4.78 is 12.6. The minimum Gasteiger partial charge on any atom is -0.490 e. The average Bonchev–Trinajstić information content (AvgIpc) is 2.53. The Morgan fingerprint density at radius 2 is 1.96 bits per heavy atom. The number of nitrogen functional groups attached to an aromatic ring is 1. The van der Waals surface area contributed by atoms with Gasteiger partial charge in [-0.3, -0.25) is 4.79 Å². The zero-order chi connectivity index (χ0) is 18.4. The Bertz CT molecular complexity index is 810. The van der Waals surface area contributed by atoms with Gasteiger partial charge in [-0.05, 0) is 55.2 Å². The zero-order valence-electron chi connectivity index (χ0n) is 15.2. The third-order valence-corrected chi connectivity index (χ3v) is 3.34. The summed E-state index contributed by atoms with van der Waals surface area (Å²) in [5, 5.41) is 4.18. The topological polar surface area (TPSA) is 78.8 Å². The van der Waals surface area contributed by atoms with Crippen LogP contribution in [0.15, 0.2) is 40.2 Å². The van der Waals surface area contributed by atoms with Crippen molar-refractivity contribution in [1.29, 1.82) is 0 Å². The second-order valence-corrected chi connectivity index (χ2v) is 6.20. The standard InChI is InChI=1S/C19H25N3O3/c1-5-24-17-10-15(6-7-16(17)25-12-13(2)3)11-21-22-18(20)8-14(4)9-19(22)23/h6-11,13H,5,12,20H2,1-4H3/b21-11-. The van der Waals surface area contributed by atoms with Gasteiger partial charge in [0.15, 0.2) is 11.5 Å². The molecule has 0 bridgehead atoms. The molecule has 1 aromatic heterocycles. The quantitative estimate of drug-likeness (QED) is 0.784. The van der Waals surface area contributed by atoms with E-state index < -0.39 is 0 Å². The molecule has 0 fully saturated rings. The molecule has 0 aliphatic rings. The Kier molecular flexibility index (Phi) is 6.22. The molecular weight excluding hydrogens is 318 g/mol. The zero-order valence-corrected chi connectivity index (χ0v) is 15.2. The Morgan fingerprint density at radius 3 is 2.60 bits per heavy atom. The molecule has 0 atom stereocenters. The van der Waals surface area contributed by atoms with Gasteiger partial charge in [-0.25, -0.2) is 0 Å². The van der Waals surface area contributed by atoms with Crippen LogP contribution in [-0.4, -0.2) is 24.1 Å². The number of pyridine rings is 1. The monoisotopic (exact) mass is 343 g/mol. The summed E-state index contributed by atoms with van der Waals surface area (Å²) in [5.41, 5.74) is 7.18. The first-order valence-electron chi connectivity index (χ1n) is 8.34. The lowest BCUT2D eigenvalue weighted by Gasteiger charge is -2.13. The number of ether oxygens (including phenoxy) is 2. The van der Waals surface area contributed by atoms with Crippen LogP contribution in [0.5, 0.6) is 11.5 Å². The molecule has 0 saturated heterocycles. The first kappa shape index (κ1) is 18.6. The smallest absolute Gasteiger partial charge is 0.273 e. The van der Waals surface area contributed by atoms with Gasteiger partial charge in [-0.15, -0.1) is 0 Å². The van der Waals surface area contributed by atoms with Crippen LogP contribution in [0.2, 0.25) is 0 Å². The second kappa shape index (κ2) is 8.37. The Balaban J connectivity index is 2.28.